The van der Waals surface area contributed by atoms with Crippen molar-refractivity contribution in [3.8, 4) is 0 Å². The Labute approximate surface area is 110 Å². The van der Waals surface area contributed by atoms with E-state index in [9.17, 15) is 9.59 Å². The fourth-order valence-corrected chi connectivity index (χ4v) is 2.16. The van der Waals surface area contributed by atoms with Gasteiger partial charge in [-0.3, -0.25) is 9.48 Å². The number of aromatic nitrogens is 2. The summed E-state index contributed by atoms with van der Waals surface area (Å²) in [6, 6.07) is 0. The number of nitrogens with one attached hydrogen (secondary N) is 1. The Morgan fingerprint density at radius 1 is 1.58 bits per heavy atom. The molecular weight excluding hydrogens is 250 g/mol. The monoisotopic (exact) mass is 267 g/mol. The third-order valence-corrected chi connectivity index (χ3v) is 3.23. The Hall–Kier alpha value is -1.89. The van der Waals surface area contributed by atoms with E-state index in [0.717, 1.165) is 31.5 Å². The normalized spacial score (nSPS) is 15.6. The van der Waals surface area contributed by atoms with Crippen molar-refractivity contribution in [3.05, 3.63) is 17.5 Å². The molecule has 0 aliphatic carbocycles. The van der Waals surface area contributed by atoms with Crippen molar-refractivity contribution in [2.24, 2.45) is 0 Å². The number of carboxylic acid groups (broad SMARTS) is 1. The molecule has 0 saturated carbocycles. The van der Waals surface area contributed by atoms with E-state index >= 15 is 0 Å². The van der Waals surface area contributed by atoms with E-state index < -0.39 is 12.1 Å². The van der Waals surface area contributed by atoms with Gasteiger partial charge in [-0.25, -0.2) is 4.79 Å². The molecule has 2 rings (SSSR count). The summed E-state index contributed by atoms with van der Waals surface area (Å²) < 4.78 is 6.59. The van der Waals surface area contributed by atoms with Crippen LogP contribution < -0.4 is 5.32 Å². The predicted molar refractivity (Wildman–Crippen MR) is 65.9 cm³/mol. The number of fused-ring (bicyclic) bond motifs is 1. The van der Waals surface area contributed by atoms with Crippen molar-refractivity contribution in [1.29, 1.82) is 0 Å². The number of rotatable bonds is 5. The standard InChI is InChI=1S/C12H17N3O4/c1-19-10(12(17)18)7-13-11(16)8-6-14-15-5-3-2-4-9(8)15/h6,10H,2-5,7H2,1H3,(H,13,16)(H,17,18). The second-order valence-corrected chi connectivity index (χ2v) is 4.46. The van der Waals surface area contributed by atoms with Crippen LogP contribution in [0.25, 0.3) is 0 Å². The highest BCUT2D eigenvalue weighted by Crippen LogP contribution is 2.17. The van der Waals surface area contributed by atoms with Crippen molar-refractivity contribution in [3.63, 3.8) is 0 Å². The molecule has 0 fully saturated rings. The predicted octanol–water partition coefficient (Wildman–Crippen LogP) is 0.0488. The molecule has 0 aromatic carbocycles. The first-order valence-corrected chi connectivity index (χ1v) is 6.22. The number of hydrogen-bond acceptors (Lipinski definition) is 4. The molecule has 1 aromatic heterocycles. The highest BCUT2D eigenvalue weighted by Gasteiger charge is 2.22. The maximum Gasteiger partial charge on any atom is 0.334 e. The summed E-state index contributed by atoms with van der Waals surface area (Å²) >= 11 is 0. The minimum atomic E-state index is -1.10. The number of methoxy groups -OCH3 is 1. The summed E-state index contributed by atoms with van der Waals surface area (Å²) in [5, 5.41) is 15.6. The summed E-state index contributed by atoms with van der Waals surface area (Å²) in [6.45, 7) is 0.772. The fourth-order valence-electron chi connectivity index (χ4n) is 2.16. The van der Waals surface area contributed by atoms with Gasteiger partial charge < -0.3 is 15.2 Å². The number of carbonyl (C=O) groups excluding carboxylic acids is 1. The van der Waals surface area contributed by atoms with Gasteiger partial charge in [0.15, 0.2) is 6.10 Å². The zero-order valence-corrected chi connectivity index (χ0v) is 10.8. The van der Waals surface area contributed by atoms with E-state index in [0.29, 0.717) is 5.56 Å². The Bertz CT molecular complexity index is 483. The molecule has 0 spiro atoms. The number of nitrogens with zero attached hydrogens (tertiary/aromatic N) is 2. The molecular formula is C12H17N3O4. The second kappa shape index (κ2) is 5.83. The van der Waals surface area contributed by atoms with Crippen LogP contribution in [0.4, 0.5) is 0 Å². The van der Waals surface area contributed by atoms with E-state index in [4.69, 9.17) is 9.84 Å². The van der Waals surface area contributed by atoms with Crippen LogP contribution >= 0.6 is 0 Å². The zero-order valence-electron chi connectivity index (χ0n) is 10.8. The van der Waals surface area contributed by atoms with E-state index in [1.165, 1.54) is 7.11 Å². The molecule has 1 atom stereocenters. The maximum atomic E-state index is 12.0. The number of carboxylic acids is 1. The van der Waals surface area contributed by atoms with Gasteiger partial charge in [0.2, 0.25) is 0 Å². The number of carbonyl (C=O) groups is 2. The number of aliphatic carboxylic acids is 1. The van der Waals surface area contributed by atoms with Crippen molar-refractivity contribution in [1.82, 2.24) is 15.1 Å². The molecule has 1 aromatic rings. The molecule has 1 aliphatic rings. The van der Waals surface area contributed by atoms with Crippen LogP contribution in [0, 0.1) is 0 Å². The van der Waals surface area contributed by atoms with Gasteiger partial charge in [-0.15, -0.1) is 0 Å². The number of ether oxygens (including phenoxy) is 1. The van der Waals surface area contributed by atoms with Crippen molar-refractivity contribution in [2.75, 3.05) is 13.7 Å². The first-order chi connectivity index (χ1) is 9.13. The van der Waals surface area contributed by atoms with Gasteiger partial charge in [-0.2, -0.15) is 5.10 Å². The largest absolute Gasteiger partial charge is 0.479 e. The molecule has 104 valence electrons. The van der Waals surface area contributed by atoms with E-state index in [1.807, 2.05) is 4.68 Å². The van der Waals surface area contributed by atoms with Crippen molar-refractivity contribution >= 4 is 11.9 Å². The molecule has 1 aliphatic heterocycles. The van der Waals surface area contributed by atoms with Gasteiger partial charge in [0.25, 0.3) is 5.91 Å². The molecule has 0 radical (unpaired) electrons. The lowest BCUT2D eigenvalue weighted by Crippen LogP contribution is -2.38. The van der Waals surface area contributed by atoms with E-state index in [1.54, 1.807) is 6.20 Å². The Kier molecular flexibility index (Phi) is 4.16. The fraction of sp³-hybridized carbons (Fsp3) is 0.583. The lowest BCUT2D eigenvalue weighted by atomic mass is 10.1. The molecule has 2 heterocycles. The highest BCUT2D eigenvalue weighted by atomic mass is 16.5. The molecule has 1 unspecified atom stereocenters. The van der Waals surface area contributed by atoms with E-state index in [-0.39, 0.29) is 12.5 Å². The van der Waals surface area contributed by atoms with Gasteiger partial charge in [0.1, 0.15) is 0 Å². The average molecular weight is 267 g/mol. The molecule has 0 bridgehead atoms. The van der Waals surface area contributed by atoms with E-state index in [2.05, 4.69) is 10.4 Å². The summed E-state index contributed by atoms with van der Waals surface area (Å²) in [5.74, 6) is -1.40. The Morgan fingerprint density at radius 3 is 3.05 bits per heavy atom. The quantitative estimate of drug-likeness (QED) is 0.786. The zero-order chi connectivity index (χ0) is 13.8. The first kappa shape index (κ1) is 13.5. The smallest absolute Gasteiger partial charge is 0.334 e. The minimum Gasteiger partial charge on any atom is -0.479 e. The second-order valence-electron chi connectivity index (χ2n) is 4.46. The molecule has 1 amide bonds. The van der Waals surface area contributed by atoms with Crippen LogP contribution in [0.3, 0.4) is 0 Å². The van der Waals surface area contributed by atoms with Crippen LogP contribution in [0.5, 0.6) is 0 Å². The van der Waals surface area contributed by atoms with Crippen LogP contribution in [-0.4, -0.2) is 46.5 Å². The van der Waals surface area contributed by atoms with Gasteiger partial charge in [0, 0.05) is 13.7 Å². The molecule has 2 N–H and O–H groups in total. The topological polar surface area (TPSA) is 93.5 Å². The van der Waals surface area contributed by atoms with Crippen LogP contribution in [0.1, 0.15) is 28.9 Å². The average Bonchev–Trinajstić information content (AvgIpc) is 2.82. The van der Waals surface area contributed by atoms with Crippen molar-refractivity contribution < 1.29 is 19.4 Å². The van der Waals surface area contributed by atoms with Gasteiger partial charge in [-0.05, 0) is 19.3 Å². The van der Waals surface area contributed by atoms with Crippen LogP contribution in [0.15, 0.2) is 6.20 Å². The van der Waals surface area contributed by atoms with Gasteiger partial charge in [0.05, 0.1) is 24.0 Å². The highest BCUT2D eigenvalue weighted by molar-refractivity contribution is 5.95. The van der Waals surface area contributed by atoms with Crippen LogP contribution in [-0.2, 0) is 22.5 Å². The maximum absolute atomic E-state index is 12.0. The summed E-state index contributed by atoms with van der Waals surface area (Å²) in [7, 11) is 1.30. The number of hydrogen-bond donors (Lipinski definition) is 2. The van der Waals surface area contributed by atoms with Crippen LogP contribution in [0.2, 0.25) is 0 Å². The van der Waals surface area contributed by atoms with Gasteiger partial charge >= 0.3 is 5.97 Å². The Morgan fingerprint density at radius 2 is 2.37 bits per heavy atom. The Balaban J connectivity index is 2.00. The third kappa shape index (κ3) is 2.93. The molecule has 7 heteroatoms. The lowest BCUT2D eigenvalue weighted by molar-refractivity contribution is -0.148. The minimum absolute atomic E-state index is 0.0602. The summed E-state index contributed by atoms with van der Waals surface area (Å²) in [5.41, 5.74) is 1.45. The number of amides is 1. The van der Waals surface area contributed by atoms with Gasteiger partial charge in [-0.1, -0.05) is 0 Å². The SMILES string of the molecule is COC(CNC(=O)c1cnn2c1CCCC2)C(=O)O. The summed E-state index contributed by atoms with van der Waals surface area (Å²) in [6.07, 6.45) is 3.45. The third-order valence-electron chi connectivity index (χ3n) is 3.23. The number of aryl methyl sites for hydroxylation is 1. The molecule has 0 saturated heterocycles. The first-order valence-electron chi connectivity index (χ1n) is 6.22. The lowest BCUT2D eigenvalue weighted by Gasteiger charge is -2.15. The van der Waals surface area contributed by atoms with Crippen molar-refractivity contribution in [2.45, 2.75) is 31.9 Å². The molecule has 7 nitrogen and oxygen atoms in total. The summed E-state index contributed by atoms with van der Waals surface area (Å²) in [4.78, 5) is 22.8. The molecule has 19 heavy (non-hydrogen) atoms.